The highest BCUT2D eigenvalue weighted by Gasteiger charge is 2.22. The van der Waals surface area contributed by atoms with Crippen LogP contribution in [0.2, 0.25) is 0 Å². The first kappa shape index (κ1) is 17.2. The predicted octanol–water partition coefficient (Wildman–Crippen LogP) is 1.21. The van der Waals surface area contributed by atoms with Crippen LogP contribution < -0.4 is 10.1 Å². The predicted molar refractivity (Wildman–Crippen MR) is 95.1 cm³/mol. The summed E-state index contributed by atoms with van der Waals surface area (Å²) >= 11 is 0. The Morgan fingerprint density at radius 2 is 2.28 bits per heavy atom. The maximum absolute atomic E-state index is 5.74. The number of ether oxygens (including phenoxy) is 1. The van der Waals surface area contributed by atoms with Gasteiger partial charge < -0.3 is 15.0 Å². The zero-order chi connectivity index (χ0) is 17.6. The van der Waals surface area contributed by atoms with Gasteiger partial charge in [-0.15, -0.1) is 0 Å². The summed E-state index contributed by atoms with van der Waals surface area (Å²) in [7, 11) is 5.62. The molecule has 2 heterocycles. The lowest BCUT2D eigenvalue weighted by Gasteiger charge is -2.21. The molecule has 134 valence electrons. The second-order valence-electron chi connectivity index (χ2n) is 6.31. The van der Waals surface area contributed by atoms with Crippen molar-refractivity contribution in [3.63, 3.8) is 0 Å². The third-order valence-electron chi connectivity index (χ3n) is 4.17. The monoisotopic (exact) mass is 343 g/mol. The van der Waals surface area contributed by atoms with Crippen molar-refractivity contribution in [2.75, 3.05) is 20.7 Å². The Labute approximate surface area is 147 Å². The molecule has 0 spiro atoms. The number of rotatable bonds is 7. The molecule has 0 amide bonds. The molecule has 1 fully saturated rings. The van der Waals surface area contributed by atoms with Crippen LogP contribution in [-0.4, -0.2) is 51.3 Å². The molecule has 1 N–H and O–H groups in total. The molecule has 0 saturated heterocycles. The number of aromatic nitrogens is 4. The van der Waals surface area contributed by atoms with E-state index < -0.39 is 0 Å². The highest BCUT2D eigenvalue weighted by Crippen LogP contribution is 2.29. The number of hydrogen-bond donors (Lipinski definition) is 1. The van der Waals surface area contributed by atoms with E-state index in [1.807, 2.05) is 31.1 Å². The van der Waals surface area contributed by atoms with Crippen LogP contribution in [0.4, 0.5) is 0 Å². The van der Waals surface area contributed by atoms with E-state index in [1.54, 1.807) is 24.3 Å². The SMILES string of the molecule is CN=C(NCc1ccnc(OCC2CC2)c1)N(C)Cc1ncnn1C. The minimum atomic E-state index is 0.627. The number of aryl methyl sites for hydroxylation is 1. The number of pyridine rings is 1. The van der Waals surface area contributed by atoms with Gasteiger partial charge in [0.1, 0.15) is 12.2 Å². The molecule has 1 aliphatic carbocycles. The molecule has 0 aromatic carbocycles. The molecule has 8 nitrogen and oxygen atoms in total. The summed E-state index contributed by atoms with van der Waals surface area (Å²) < 4.78 is 7.50. The van der Waals surface area contributed by atoms with Crippen molar-refractivity contribution in [1.82, 2.24) is 30.0 Å². The van der Waals surface area contributed by atoms with Crippen molar-refractivity contribution in [2.45, 2.75) is 25.9 Å². The second-order valence-corrected chi connectivity index (χ2v) is 6.31. The highest BCUT2D eigenvalue weighted by molar-refractivity contribution is 5.79. The molecule has 1 saturated carbocycles. The first-order valence-electron chi connectivity index (χ1n) is 8.48. The van der Waals surface area contributed by atoms with Crippen LogP contribution in [0.15, 0.2) is 29.6 Å². The number of nitrogens with one attached hydrogen (secondary N) is 1. The molecule has 0 bridgehead atoms. The van der Waals surface area contributed by atoms with Crippen LogP contribution in [0.3, 0.4) is 0 Å². The summed E-state index contributed by atoms with van der Waals surface area (Å²) in [5, 5.41) is 7.45. The van der Waals surface area contributed by atoms with Crippen molar-refractivity contribution in [2.24, 2.45) is 18.0 Å². The van der Waals surface area contributed by atoms with E-state index in [0.717, 1.165) is 29.9 Å². The standard InChI is InChI=1S/C17H25N7O/c1-18-17(23(2)10-15-21-12-22-24(15)3)20-9-14-6-7-19-16(8-14)25-11-13-4-5-13/h6-8,12-13H,4-5,9-11H2,1-3H3,(H,18,20). The summed E-state index contributed by atoms with van der Waals surface area (Å²) in [6.07, 6.45) is 5.88. The average Bonchev–Trinajstić information content (AvgIpc) is 3.37. The number of aliphatic imine (C=N–C) groups is 1. The summed E-state index contributed by atoms with van der Waals surface area (Å²) in [5.41, 5.74) is 1.11. The summed E-state index contributed by atoms with van der Waals surface area (Å²) in [4.78, 5) is 14.9. The van der Waals surface area contributed by atoms with Gasteiger partial charge >= 0.3 is 0 Å². The lowest BCUT2D eigenvalue weighted by atomic mass is 10.2. The summed E-state index contributed by atoms with van der Waals surface area (Å²) in [6.45, 7) is 2.05. The number of guanidine groups is 1. The van der Waals surface area contributed by atoms with Gasteiger partial charge in [-0.05, 0) is 30.4 Å². The van der Waals surface area contributed by atoms with Gasteiger partial charge in [0.15, 0.2) is 5.96 Å². The zero-order valence-corrected chi connectivity index (χ0v) is 15.0. The lowest BCUT2D eigenvalue weighted by Crippen LogP contribution is -2.38. The normalized spacial score (nSPS) is 14.4. The number of nitrogens with zero attached hydrogens (tertiary/aromatic N) is 6. The molecule has 0 atom stereocenters. The van der Waals surface area contributed by atoms with Crippen LogP contribution in [0.25, 0.3) is 0 Å². The van der Waals surface area contributed by atoms with Gasteiger partial charge in [-0.3, -0.25) is 9.67 Å². The smallest absolute Gasteiger partial charge is 0.213 e. The van der Waals surface area contributed by atoms with Crippen molar-refractivity contribution < 1.29 is 4.74 Å². The van der Waals surface area contributed by atoms with Crippen molar-refractivity contribution in [3.8, 4) is 5.88 Å². The molecule has 1 aliphatic rings. The lowest BCUT2D eigenvalue weighted by molar-refractivity contribution is 0.288. The molecular weight excluding hydrogens is 318 g/mol. The van der Waals surface area contributed by atoms with Gasteiger partial charge in [-0.2, -0.15) is 5.10 Å². The van der Waals surface area contributed by atoms with E-state index in [1.165, 1.54) is 12.8 Å². The van der Waals surface area contributed by atoms with Gasteiger partial charge in [0.05, 0.1) is 13.2 Å². The average molecular weight is 343 g/mol. The fourth-order valence-corrected chi connectivity index (χ4v) is 2.44. The van der Waals surface area contributed by atoms with Gasteiger partial charge in [0.25, 0.3) is 0 Å². The largest absolute Gasteiger partial charge is 0.477 e. The minimum Gasteiger partial charge on any atom is -0.477 e. The maximum atomic E-state index is 5.74. The van der Waals surface area contributed by atoms with E-state index in [-0.39, 0.29) is 0 Å². The highest BCUT2D eigenvalue weighted by atomic mass is 16.5. The molecule has 0 unspecified atom stereocenters. The molecule has 25 heavy (non-hydrogen) atoms. The molecule has 3 rings (SSSR count). The van der Waals surface area contributed by atoms with E-state index in [0.29, 0.717) is 19.0 Å². The van der Waals surface area contributed by atoms with Gasteiger partial charge in [0.2, 0.25) is 5.88 Å². The van der Waals surface area contributed by atoms with E-state index in [4.69, 9.17) is 4.74 Å². The second kappa shape index (κ2) is 7.96. The molecule has 0 aliphatic heterocycles. The first-order chi connectivity index (χ1) is 12.2. The fraction of sp³-hybridized carbons (Fsp3) is 0.529. The molecule has 0 radical (unpaired) electrons. The Bertz CT molecular complexity index is 723. The molecule has 8 heteroatoms. The molecule has 2 aromatic heterocycles. The Balaban J connectivity index is 1.53. The molecular formula is C17H25N7O. The topological polar surface area (TPSA) is 80.5 Å². The summed E-state index contributed by atoms with van der Waals surface area (Å²) in [6, 6.07) is 3.96. The number of hydrogen-bond acceptors (Lipinski definition) is 5. The van der Waals surface area contributed by atoms with Crippen LogP contribution in [0, 0.1) is 5.92 Å². The van der Waals surface area contributed by atoms with Crippen LogP contribution in [0.1, 0.15) is 24.2 Å². The van der Waals surface area contributed by atoms with Gasteiger partial charge in [-0.1, -0.05) is 0 Å². The van der Waals surface area contributed by atoms with Gasteiger partial charge in [0, 0.05) is 40.0 Å². The van der Waals surface area contributed by atoms with Crippen LogP contribution >= 0.6 is 0 Å². The van der Waals surface area contributed by atoms with Gasteiger partial charge in [-0.25, -0.2) is 9.97 Å². The Hall–Kier alpha value is -2.64. The van der Waals surface area contributed by atoms with Crippen molar-refractivity contribution in [1.29, 1.82) is 0 Å². The van der Waals surface area contributed by atoms with Crippen molar-refractivity contribution in [3.05, 3.63) is 36.0 Å². The third-order valence-corrected chi connectivity index (χ3v) is 4.17. The fourth-order valence-electron chi connectivity index (χ4n) is 2.44. The quantitative estimate of drug-likeness (QED) is 0.601. The Morgan fingerprint density at radius 3 is 2.96 bits per heavy atom. The zero-order valence-electron chi connectivity index (χ0n) is 15.0. The minimum absolute atomic E-state index is 0.627. The first-order valence-corrected chi connectivity index (χ1v) is 8.48. The maximum Gasteiger partial charge on any atom is 0.213 e. The Kier molecular flexibility index (Phi) is 5.47. The van der Waals surface area contributed by atoms with Crippen LogP contribution in [0.5, 0.6) is 5.88 Å². The summed E-state index contributed by atoms with van der Waals surface area (Å²) in [5.74, 6) is 3.08. The van der Waals surface area contributed by atoms with E-state index >= 15 is 0 Å². The van der Waals surface area contributed by atoms with Crippen LogP contribution in [-0.2, 0) is 20.1 Å². The molecule has 2 aromatic rings. The Morgan fingerprint density at radius 1 is 1.44 bits per heavy atom. The third kappa shape index (κ3) is 4.91. The van der Waals surface area contributed by atoms with E-state index in [2.05, 4.69) is 25.4 Å². The van der Waals surface area contributed by atoms with E-state index in [9.17, 15) is 0 Å². The van der Waals surface area contributed by atoms with Crippen molar-refractivity contribution >= 4 is 5.96 Å².